The van der Waals surface area contributed by atoms with Crippen molar-refractivity contribution in [3.8, 4) is 0 Å². The number of hydrogen-bond donors (Lipinski definition) is 1. The van der Waals surface area contributed by atoms with Crippen LogP contribution in [0.1, 0.15) is 38.1 Å². The minimum absolute atomic E-state index is 0.168. The largest absolute Gasteiger partial charge is 0.307 e. The molecule has 1 N–H and O–H groups in total. The van der Waals surface area contributed by atoms with Crippen LogP contribution in [0, 0.1) is 0 Å². The second-order valence-corrected chi connectivity index (χ2v) is 7.65. The van der Waals surface area contributed by atoms with Gasteiger partial charge in [0.25, 0.3) is 0 Å². The molecule has 2 rings (SSSR count). The summed E-state index contributed by atoms with van der Waals surface area (Å²) in [6.45, 7) is 9.83. The highest BCUT2D eigenvalue weighted by Gasteiger charge is 2.14. The molecule has 0 fully saturated rings. The Kier molecular flexibility index (Phi) is 4.15. The number of hydrogen-bond acceptors (Lipinski definition) is 2. The summed E-state index contributed by atoms with van der Waals surface area (Å²) in [5, 5.41) is 4.99. The van der Waals surface area contributed by atoms with Crippen molar-refractivity contribution in [3.05, 3.63) is 33.1 Å². The Hall–Kier alpha value is -0.380. The van der Waals surface area contributed by atoms with Crippen LogP contribution in [0.5, 0.6) is 0 Å². The highest BCUT2D eigenvalue weighted by Crippen LogP contribution is 2.33. The molecular formula is C15H20BrNS. The number of rotatable bonds is 3. The van der Waals surface area contributed by atoms with Crippen LogP contribution in [0.25, 0.3) is 10.1 Å². The molecule has 2 aromatic rings. The number of benzene rings is 1. The second-order valence-electron chi connectivity index (χ2n) is 5.60. The Morgan fingerprint density at radius 1 is 1.28 bits per heavy atom. The molecule has 1 nitrogen and oxygen atoms in total. The lowest BCUT2D eigenvalue weighted by molar-refractivity contribution is 0.426. The molecule has 0 radical (unpaired) electrons. The van der Waals surface area contributed by atoms with Gasteiger partial charge < -0.3 is 5.32 Å². The Balaban J connectivity index is 2.38. The molecule has 0 aliphatic rings. The first-order valence-corrected chi connectivity index (χ1v) is 7.96. The molecule has 1 aromatic carbocycles. The predicted molar refractivity (Wildman–Crippen MR) is 85.5 cm³/mol. The molecule has 0 amide bonds. The zero-order chi connectivity index (χ0) is 13.3. The molecule has 3 heteroatoms. The first-order valence-electron chi connectivity index (χ1n) is 6.35. The van der Waals surface area contributed by atoms with E-state index in [1.54, 1.807) is 0 Å². The third-order valence-electron chi connectivity index (χ3n) is 2.97. The van der Waals surface area contributed by atoms with E-state index in [1.807, 2.05) is 11.3 Å². The fourth-order valence-electron chi connectivity index (χ4n) is 2.05. The third kappa shape index (κ3) is 3.14. The molecule has 0 spiro atoms. The maximum absolute atomic E-state index is 3.59. The minimum Gasteiger partial charge on any atom is -0.307 e. The number of aryl methyl sites for hydroxylation is 1. The second kappa shape index (κ2) is 5.32. The summed E-state index contributed by atoms with van der Waals surface area (Å²) in [6, 6.07) is 6.58. The molecule has 1 heterocycles. The fraction of sp³-hybridized carbons (Fsp3) is 0.467. The van der Waals surface area contributed by atoms with Crippen LogP contribution in [0.2, 0.25) is 0 Å². The molecule has 98 valence electrons. The van der Waals surface area contributed by atoms with Crippen LogP contribution in [0.15, 0.2) is 22.7 Å². The first kappa shape index (κ1) is 14.0. The summed E-state index contributed by atoms with van der Waals surface area (Å²) < 4.78 is 2.55. The number of nitrogens with one attached hydrogen (secondary N) is 1. The smallest absolute Gasteiger partial charge is 0.0349 e. The van der Waals surface area contributed by atoms with Gasteiger partial charge in [-0.05, 0) is 56.3 Å². The molecule has 18 heavy (non-hydrogen) atoms. The minimum atomic E-state index is 0.168. The predicted octanol–water partition coefficient (Wildman–Crippen LogP) is 5.11. The maximum atomic E-state index is 3.59. The summed E-state index contributed by atoms with van der Waals surface area (Å²) in [5.41, 5.74) is 1.66. The summed E-state index contributed by atoms with van der Waals surface area (Å²) in [7, 11) is 0. The van der Waals surface area contributed by atoms with Crippen molar-refractivity contribution in [1.29, 1.82) is 0 Å². The Morgan fingerprint density at radius 3 is 2.61 bits per heavy atom. The van der Waals surface area contributed by atoms with Crippen LogP contribution in [-0.4, -0.2) is 5.54 Å². The lowest BCUT2D eigenvalue weighted by atomic mass is 10.1. The summed E-state index contributed by atoms with van der Waals surface area (Å²) in [5.74, 6) is 0. The average molecular weight is 326 g/mol. The molecule has 0 saturated heterocycles. The molecular weight excluding hydrogens is 306 g/mol. The molecule has 0 aliphatic carbocycles. The van der Waals surface area contributed by atoms with E-state index in [1.165, 1.54) is 20.5 Å². The highest BCUT2D eigenvalue weighted by molar-refractivity contribution is 9.10. The Morgan fingerprint density at radius 2 is 2.00 bits per heavy atom. The van der Waals surface area contributed by atoms with E-state index in [0.29, 0.717) is 0 Å². The van der Waals surface area contributed by atoms with Crippen LogP contribution >= 0.6 is 27.3 Å². The van der Waals surface area contributed by atoms with E-state index < -0.39 is 0 Å². The normalized spacial score (nSPS) is 12.3. The average Bonchev–Trinajstić information content (AvgIpc) is 2.62. The van der Waals surface area contributed by atoms with E-state index in [2.05, 4.69) is 67.1 Å². The summed E-state index contributed by atoms with van der Waals surface area (Å²) in [6.07, 6.45) is 1.09. The van der Waals surface area contributed by atoms with E-state index in [9.17, 15) is 0 Å². The Bertz CT molecular complexity index is 551. The van der Waals surface area contributed by atoms with Gasteiger partial charge in [-0.3, -0.25) is 0 Å². The van der Waals surface area contributed by atoms with Crippen molar-refractivity contribution >= 4 is 37.4 Å². The van der Waals surface area contributed by atoms with Crippen molar-refractivity contribution in [2.75, 3.05) is 0 Å². The molecule has 0 unspecified atom stereocenters. The van der Waals surface area contributed by atoms with E-state index in [-0.39, 0.29) is 5.54 Å². The van der Waals surface area contributed by atoms with E-state index in [4.69, 9.17) is 0 Å². The van der Waals surface area contributed by atoms with Crippen LogP contribution in [0.3, 0.4) is 0 Å². The van der Waals surface area contributed by atoms with E-state index in [0.717, 1.165) is 17.4 Å². The van der Waals surface area contributed by atoms with Crippen LogP contribution in [0.4, 0.5) is 0 Å². The standard InChI is InChI=1S/C15H20BrNS/c1-5-11-12-8-10(16)6-7-13(12)18-14(11)9-17-15(2,3)4/h6-8,17H,5,9H2,1-4H3. The molecule has 0 atom stereocenters. The first-order chi connectivity index (χ1) is 8.40. The highest BCUT2D eigenvalue weighted by atomic mass is 79.9. The van der Waals surface area contributed by atoms with Gasteiger partial charge in [-0.15, -0.1) is 11.3 Å². The van der Waals surface area contributed by atoms with E-state index >= 15 is 0 Å². The van der Waals surface area contributed by atoms with Crippen molar-refractivity contribution in [3.63, 3.8) is 0 Å². The molecule has 0 bridgehead atoms. The number of thiophene rings is 1. The van der Waals surface area contributed by atoms with Gasteiger partial charge in [0.15, 0.2) is 0 Å². The monoisotopic (exact) mass is 325 g/mol. The van der Waals surface area contributed by atoms with Crippen molar-refractivity contribution < 1.29 is 0 Å². The number of fused-ring (bicyclic) bond motifs is 1. The fourth-order valence-corrected chi connectivity index (χ4v) is 3.62. The van der Waals surface area contributed by atoms with Gasteiger partial charge in [-0.1, -0.05) is 22.9 Å². The summed E-state index contributed by atoms with van der Waals surface area (Å²) in [4.78, 5) is 1.47. The zero-order valence-electron chi connectivity index (χ0n) is 11.4. The SMILES string of the molecule is CCc1c(CNC(C)(C)C)sc2ccc(Br)cc12. The lowest BCUT2D eigenvalue weighted by Gasteiger charge is -2.20. The molecule has 0 saturated carbocycles. The van der Waals surface area contributed by atoms with Gasteiger partial charge in [-0.2, -0.15) is 0 Å². The van der Waals surface area contributed by atoms with Gasteiger partial charge in [0.1, 0.15) is 0 Å². The Labute approximate surface area is 122 Å². The van der Waals surface area contributed by atoms with Crippen LogP contribution in [-0.2, 0) is 13.0 Å². The van der Waals surface area contributed by atoms with Crippen molar-refractivity contribution in [2.45, 2.75) is 46.2 Å². The third-order valence-corrected chi connectivity index (χ3v) is 4.68. The molecule has 1 aromatic heterocycles. The maximum Gasteiger partial charge on any atom is 0.0349 e. The molecule has 0 aliphatic heterocycles. The van der Waals surface area contributed by atoms with Gasteiger partial charge in [0.05, 0.1) is 0 Å². The van der Waals surface area contributed by atoms with Gasteiger partial charge in [0.2, 0.25) is 0 Å². The van der Waals surface area contributed by atoms with Crippen molar-refractivity contribution in [1.82, 2.24) is 5.32 Å². The van der Waals surface area contributed by atoms with Gasteiger partial charge in [0, 0.05) is 26.1 Å². The quantitative estimate of drug-likeness (QED) is 0.826. The van der Waals surface area contributed by atoms with Crippen molar-refractivity contribution in [2.24, 2.45) is 0 Å². The number of halogens is 1. The topological polar surface area (TPSA) is 12.0 Å². The summed E-state index contributed by atoms with van der Waals surface area (Å²) >= 11 is 5.48. The van der Waals surface area contributed by atoms with Gasteiger partial charge >= 0.3 is 0 Å². The zero-order valence-corrected chi connectivity index (χ0v) is 13.8. The van der Waals surface area contributed by atoms with Crippen LogP contribution < -0.4 is 5.32 Å². The van der Waals surface area contributed by atoms with Gasteiger partial charge in [-0.25, -0.2) is 0 Å². The lowest BCUT2D eigenvalue weighted by Crippen LogP contribution is -2.35.